The average Bonchev–Trinajstić information content (AvgIpc) is 2.30. The molecule has 0 N–H and O–H groups in total. The zero-order chi connectivity index (χ0) is 10.0. The van der Waals surface area contributed by atoms with Crippen molar-refractivity contribution in [1.82, 2.24) is 9.91 Å². The highest BCUT2D eigenvalue weighted by Crippen LogP contribution is 2.12. The summed E-state index contributed by atoms with van der Waals surface area (Å²) in [6, 6.07) is 0. The van der Waals surface area contributed by atoms with Gasteiger partial charge in [0, 0.05) is 13.6 Å². The predicted octanol–water partition coefficient (Wildman–Crippen LogP) is 0.393. The van der Waals surface area contributed by atoms with Crippen molar-refractivity contribution in [1.29, 1.82) is 0 Å². The normalized spacial score (nSPS) is 21.7. The Morgan fingerprint density at radius 2 is 2.31 bits per heavy atom. The van der Waals surface area contributed by atoms with Gasteiger partial charge in [0.15, 0.2) is 0 Å². The van der Waals surface area contributed by atoms with E-state index in [1.54, 1.807) is 11.9 Å². The number of rotatable bonds is 3. The van der Waals surface area contributed by atoms with Crippen molar-refractivity contribution in [3.63, 3.8) is 0 Å². The minimum absolute atomic E-state index is 0.338. The van der Waals surface area contributed by atoms with Crippen LogP contribution in [0.4, 0.5) is 0 Å². The smallest absolute Gasteiger partial charge is 0.279 e. The van der Waals surface area contributed by atoms with Gasteiger partial charge >= 0.3 is 6.29 Å². The van der Waals surface area contributed by atoms with Crippen molar-refractivity contribution in [2.24, 2.45) is 11.0 Å². The van der Waals surface area contributed by atoms with Crippen molar-refractivity contribution < 1.29 is 4.92 Å². The van der Waals surface area contributed by atoms with E-state index in [0.29, 0.717) is 12.5 Å². The first-order valence-electron chi connectivity index (χ1n) is 4.18. The maximum Gasteiger partial charge on any atom is 0.383 e. The number of hydrogen-bond acceptors (Lipinski definition) is 5. The largest absolute Gasteiger partial charge is 0.383 e. The molecular formula is C7H14N4O2. The fraction of sp³-hybridized carbons (Fsp3) is 0.857. The van der Waals surface area contributed by atoms with Crippen molar-refractivity contribution in [3.05, 3.63) is 10.1 Å². The van der Waals surface area contributed by atoms with Gasteiger partial charge < -0.3 is 0 Å². The van der Waals surface area contributed by atoms with E-state index in [4.69, 9.17) is 0 Å². The van der Waals surface area contributed by atoms with Crippen LogP contribution in [0, 0.1) is 16.0 Å². The van der Waals surface area contributed by atoms with Crippen LogP contribution in [0.2, 0.25) is 0 Å². The third kappa shape index (κ3) is 2.07. The second kappa shape index (κ2) is 3.59. The van der Waals surface area contributed by atoms with E-state index in [1.807, 2.05) is 13.8 Å². The Morgan fingerprint density at radius 1 is 1.69 bits per heavy atom. The molecule has 6 heteroatoms. The van der Waals surface area contributed by atoms with Crippen molar-refractivity contribution in [3.8, 4) is 0 Å². The molecule has 0 aromatic heterocycles. The zero-order valence-electron chi connectivity index (χ0n) is 8.04. The van der Waals surface area contributed by atoms with E-state index in [9.17, 15) is 10.1 Å². The molecule has 0 radical (unpaired) electrons. The Kier molecular flexibility index (Phi) is 2.69. The first kappa shape index (κ1) is 9.76. The topological polar surface area (TPSA) is 62.0 Å². The molecule has 0 spiro atoms. The van der Waals surface area contributed by atoms with E-state index in [1.165, 1.54) is 11.3 Å². The second-order valence-electron chi connectivity index (χ2n) is 3.53. The fourth-order valence-corrected chi connectivity index (χ4v) is 1.30. The maximum absolute atomic E-state index is 10.6. The lowest BCUT2D eigenvalue weighted by Gasteiger charge is -2.21. The first-order valence-corrected chi connectivity index (χ1v) is 4.18. The van der Waals surface area contributed by atoms with Crippen LogP contribution in [0.3, 0.4) is 0 Å². The Hall–Kier alpha value is -1.33. The van der Waals surface area contributed by atoms with Gasteiger partial charge in [0.2, 0.25) is 0 Å². The maximum atomic E-state index is 10.6. The molecule has 0 saturated carbocycles. The highest BCUT2D eigenvalue weighted by atomic mass is 16.6. The van der Waals surface area contributed by atoms with Crippen LogP contribution in [0.1, 0.15) is 13.8 Å². The number of hydrazone groups is 1. The van der Waals surface area contributed by atoms with Crippen LogP contribution in [0.25, 0.3) is 0 Å². The molecule has 0 aromatic rings. The van der Waals surface area contributed by atoms with Crippen LogP contribution in [-0.2, 0) is 0 Å². The minimum Gasteiger partial charge on any atom is -0.279 e. The SMILES string of the molecule is CC(C)CN1C=NN(C)C1[N+](=O)[O-]. The van der Waals surface area contributed by atoms with Gasteiger partial charge in [0.25, 0.3) is 0 Å². The van der Waals surface area contributed by atoms with Crippen LogP contribution in [0.5, 0.6) is 0 Å². The van der Waals surface area contributed by atoms with E-state index in [-0.39, 0.29) is 4.92 Å². The monoisotopic (exact) mass is 186 g/mol. The predicted molar refractivity (Wildman–Crippen MR) is 48.6 cm³/mol. The van der Waals surface area contributed by atoms with Crippen LogP contribution >= 0.6 is 0 Å². The molecule has 1 rings (SSSR count). The van der Waals surface area contributed by atoms with Crippen molar-refractivity contribution in [2.75, 3.05) is 13.6 Å². The molecule has 6 nitrogen and oxygen atoms in total. The number of nitrogens with zero attached hydrogens (tertiary/aromatic N) is 4. The highest BCUT2D eigenvalue weighted by Gasteiger charge is 2.35. The van der Waals surface area contributed by atoms with Gasteiger partial charge in [-0.1, -0.05) is 13.8 Å². The van der Waals surface area contributed by atoms with Gasteiger partial charge in [-0.3, -0.25) is 15.0 Å². The van der Waals surface area contributed by atoms with E-state index in [2.05, 4.69) is 5.10 Å². The molecule has 0 aromatic carbocycles. The summed E-state index contributed by atoms with van der Waals surface area (Å²) in [5.41, 5.74) is 0. The molecule has 0 bridgehead atoms. The van der Waals surface area contributed by atoms with Gasteiger partial charge in [-0.15, -0.1) is 0 Å². The van der Waals surface area contributed by atoms with Gasteiger partial charge in [0.05, 0.1) is 4.92 Å². The summed E-state index contributed by atoms with van der Waals surface area (Å²) in [4.78, 5) is 11.9. The molecule has 0 amide bonds. The summed E-state index contributed by atoms with van der Waals surface area (Å²) in [6.45, 7) is 4.69. The lowest BCUT2D eigenvalue weighted by atomic mass is 10.2. The van der Waals surface area contributed by atoms with Crippen molar-refractivity contribution >= 4 is 6.34 Å². The van der Waals surface area contributed by atoms with Gasteiger partial charge in [-0.25, -0.2) is 5.01 Å². The summed E-state index contributed by atoms with van der Waals surface area (Å²) in [5, 5.41) is 15.9. The van der Waals surface area contributed by atoms with E-state index >= 15 is 0 Å². The van der Waals surface area contributed by atoms with Crippen LogP contribution in [-0.4, -0.2) is 41.1 Å². The Balaban J connectivity index is 2.64. The fourth-order valence-electron chi connectivity index (χ4n) is 1.30. The molecule has 0 saturated heterocycles. The van der Waals surface area contributed by atoms with Gasteiger partial charge in [-0.05, 0) is 5.92 Å². The summed E-state index contributed by atoms with van der Waals surface area (Å²) in [7, 11) is 1.60. The third-order valence-corrected chi connectivity index (χ3v) is 1.78. The molecule has 74 valence electrons. The molecule has 1 unspecified atom stereocenters. The van der Waals surface area contributed by atoms with E-state index in [0.717, 1.165) is 0 Å². The second-order valence-corrected chi connectivity index (χ2v) is 3.53. The number of nitro groups is 1. The van der Waals surface area contributed by atoms with E-state index < -0.39 is 6.29 Å². The average molecular weight is 186 g/mol. The molecular weight excluding hydrogens is 172 g/mol. The third-order valence-electron chi connectivity index (χ3n) is 1.78. The molecule has 1 aliphatic rings. The minimum atomic E-state index is -0.831. The van der Waals surface area contributed by atoms with Gasteiger partial charge in [-0.2, -0.15) is 5.10 Å². The molecule has 1 heterocycles. The molecule has 13 heavy (non-hydrogen) atoms. The quantitative estimate of drug-likeness (QED) is 0.472. The Bertz CT molecular complexity index is 229. The Morgan fingerprint density at radius 3 is 2.77 bits per heavy atom. The zero-order valence-corrected chi connectivity index (χ0v) is 8.04. The summed E-state index contributed by atoms with van der Waals surface area (Å²) in [6.07, 6.45) is 0.690. The lowest BCUT2D eigenvalue weighted by Crippen LogP contribution is -2.45. The summed E-state index contributed by atoms with van der Waals surface area (Å²) < 4.78 is 0. The lowest BCUT2D eigenvalue weighted by molar-refractivity contribution is -0.569. The van der Waals surface area contributed by atoms with Gasteiger partial charge in [0.1, 0.15) is 6.34 Å². The standard InChI is InChI=1S/C7H14N4O2/c1-6(2)4-10-5-8-9(3)7(10)11(12)13/h5-7H,4H2,1-3H3. The summed E-state index contributed by atoms with van der Waals surface area (Å²) in [5.74, 6) is 0.389. The molecule has 0 fully saturated rings. The summed E-state index contributed by atoms with van der Waals surface area (Å²) >= 11 is 0. The Labute approximate surface area is 77.0 Å². The van der Waals surface area contributed by atoms with Crippen molar-refractivity contribution in [2.45, 2.75) is 20.1 Å². The first-order chi connectivity index (χ1) is 6.02. The molecule has 1 aliphatic heterocycles. The van der Waals surface area contributed by atoms with Crippen LogP contribution in [0.15, 0.2) is 5.10 Å². The molecule has 1 atom stereocenters. The number of hydrogen-bond donors (Lipinski definition) is 0. The van der Waals surface area contributed by atoms with Crippen LogP contribution < -0.4 is 0 Å². The highest BCUT2D eigenvalue weighted by molar-refractivity contribution is 5.56. The molecule has 0 aliphatic carbocycles.